The summed E-state index contributed by atoms with van der Waals surface area (Å²) in [5.74, 6) is 1.99. The molecule has 0 bridgehead atoms. The third-order valence-electron chi connectivity index (χ3n) is 3.70. The Labute approximate surface area is 168 Å². The molecule has 1 heterocycles. The first kappa shape index (κ1) is 23.7. The summed E-state index contributed by atoms with van der Waals surface area (Å²) in [4.78, 5) is 7.39. The van der Waals surface area contributed by atoms with Crippen molar-refractivity contribution in [2.75, 3.05) is 19.7 Å². The fourth-order valence-corrected chi connectivity index (χ4v) is 3.47. The van der Waals surface area contributed by atoms with Crippen LogP contribution >= 0.6 is 35.3 Å². The summed E-state index contributed by atoms with van der Waals surface area (Å²) in [6.45, 7) is 11.4. The number of aryl methyl sites for hydroxylation is 1. The van der Waals surface area contributed by atoms with Crippen LogP contribution in [0.15, 0.2) is 17.1 Å². The number of thiophene rings is 1. The summed E-state index contributed by atoms with van der Waals surface area (Å²) >= 11 is 1.84. The van der Waals surface area contributed by atoms with E-state index in [1.54, 1.807) is 0 Å². The quantitative estimate of drug-likeness (QED) is 0.277. The van der Waals surface area contributed by atoms with Crippen molar-refractivity contribution in [2.24, 2.45) is 16.8 Å². The molecule has 0 aliphatic rings. The highest BCUT2D eigenvalue weighted by Gasteiger charge is 2.11. The van der Waals surface area contributed by atoms with Gasteiger partial charge in [-0.1, -0.05) is 20.8 Å². The van der Waals surface area contributed by atoms with Gasteiger partial charge in [0, 0.05) is 29.5 Å². The first-order valence-electron chi connectivity index (χ1n) is 8.79. The van der Waals surface area contributed by atoms with Gasteiger partial charge >= 0.3 is 0 Å². The van der Waals surface area contributed by atoms with Crippen molar-refractivity contribution in [1.82, 2.24) is 10.6 Å². The van der Waals surface area contributed by atoms with E-state index in [2.05, 4.69) is 55.5 Å². The van der Waals surface area contributed by atoms with E-state index in [1.807, 2.05) is 11.3 Å². The van der Waals surface area contributed by atoms with Gasteiger partial charge in [0.25, 0.3) is 0 Å². The van der Waals surface area contributed by atoms with Crippen molar-refractivity contribution in [3.8, 4) is 0 Å². The van der Waals surface area contributed by atoms with Gasteiger partial charge in [-0.05, 0) is 50.2 Å². The molecule has 0 spiro atoms. The predicted molar refractivity (Wildman–Crippen MR) is 117 cm³/mol. The minimum atomic E-state index is 0. The van der Waals surface area contributed by atoms with Crippen LogP contribution in [0, 0.1) is 11.8 Å². The number of nitrogens with zero attached hydrogens (tertiary/aromatic N) is 1. The Morgan fingerprint density at radius 1 is 1.21 bits per heavy atom. The van der Waals surface area contributed by atoms with E-state index < -0.39 is 0 Å². The second-order valence-corrected chi connectivity index (χ2v) is 7.56. The number of aliphatic hydroxyl groups is 1. The van der Waals surface area contributed by atoms with E-state index >= 15 is 0 Å². The summed E-state index contributed by atoms with van der Waals surface area (Å²) in [6.07, 6.45) is 3.05. The van der Waals surface area contributed by atoms with Crippen molar-refractivity contribution >= 4 is 41.3 Å². The number of halogens is 1. The minimum absolute atomic E-state index is 0. The Kier molecular flexibility index (Phi) is 13.7. The zero-order valence-electron chi connectivity index (χ0n) is 15.5. The zero-order chi connectivity index (χ0) is 17.1. The third-order valence-corrected chi connectivity index (χ3v) is 4.92. The molecular weight excluding hydrogens is 433 g/mol. The molecule has 3 N–H and O–H groups in total. The maximum absolute atomic E-state index is 9.22. The van der Waals surface area contributed by atoms with Gasteiger partial charge in [-0.25, -0.2) is 4.99 Å². The first-order chi connectivity index (χ1) is 11.1. The molecule has 0 aliphatic carbocycles. The van der Waals surface area contributed by atoms with Gasteiger partial charge in [-0.2, -0.15) is 0 Å². The number of aliphatic imine (C=N–C) groups is 1. The molecule has 1 rings (SSSR count). The van der Waals surface area contributed by atoms with Crippen LogP contribution in [0.4, 0.5) is 0 Å². The van der Waals surface area contributed by atoms with Gasteiger partial charge in [0.2, 0.25) is 0 Å². The smallest absolute Gasteiger partial charge is 0.191 e. The summed E-state index contributed by atoms with van der Waals surface area (Å²) < 4.78 is 0. The predicted octanol–water partition coefficient (Wildman–Crippen LogP) is 4.03. The molecule has 24 heavy (non-hydrogen) atoms. The summed E-state index contributed by atoms with van der Waals surface area (Å²) in [5, 5.41) is 16.0. The lowest BCUT2D eigenvalue weighted by molar-refractivity contribution is 0.243. The Bertz CT molecular complexity index is 463. The van der Waals surface area contributed by atoms with E-state index in [1.165, 1.54) is 9.75 Å². The van der Waals surface area contributed by atoms with Crippen LogP contribution in [0.5, 0.6) is 0 Å². The standard InChI is InChI=1S/C18H33N3OS.HI/c1-5-16-7-8-17(23-16)13-21-18(19-6-2)20-12-15(9-10-22)11-14(3)4;/h7-8,14-15,22H,5-6,9-13H2,1-4H3,(H2,19,20,21);1H. The average Bonchev–Trinajstić information content (AvgIpc) is 2.97. The average molecular weight is 467 g/mol. The van der Waals surface area contributed by atoms with Crippen LogP contribution < -0.4 is 10.6 Å². The van der Waals surface area contributed by atoms with Gasteiger partial charge in [0.1, 0.15) is 0 Å². The van der Waals surface area contributed by atoms with Gasteiger partial charge in [-0.15, -0.1) is 35.3 Å². The van der Waals surface area contributed by atoms with Crippen LogP contribution in [0.1, 0.15) is 50.3 Å². The highest BCUT2D eigenvalue weighted by molar-refractivity contribution is 14.0. The Hall–Kier alpha value is -0.340. The number of nitrogens with one attached hydrogen (secondary N) is 2. The highest BCUT2D eigenvalue weighted by atomic mass is 127. The van der Waals surface area contributed by atoms with E-state index in [4.69, 9.17) is 0 Å². The van der Waals surface area contributed by atoms with Crippen LogP contribution in [-0.2, 0) is 13.0 Å². The van der Waals surface area contributed by atoms with Crippen molar-refractivity contribution in [1.29, 1.82) is 0 Å². The lowest BCUT2D eigenvalue weighted by Crippen LogP contribution is -2.40. The molecule has 0 amide bonds. The van der Waals surface area contributed by atoms with Gasteiger partial charge in [0.15, 0.2) is 5.96 Å². The van der Waals surface area contributed by atoms with Crippen LogP contribution in [0.3, 0.4) is 0 Å². The molecule has 0 aliphatic heterocycles. The lowest BCUT2D eigenvalue weighted by Gasteiger charge is -2.20. The van der Waals surface area contributed by atoms with Gasteiger partial charge in [-0.3, -0.25) is 0 Å². The van der Waals surface area contributed by atoms with Gasteiger partial charge < -0.3 is 15.7 Å². The molecule has 0 aromatic carbocycles. The van der Waals surface area contributed by atoms with Crippen molar-refractivity contribution < 1.29 is 5.11 Å². The number of hydrogen-bond acceptors (Lipinski definition) is 3. The highest BCUT2D eigenvalue weighted by Crippen LogP contribution is 2.17. The second kappa shape index (κ2) is 13.9. The Morgan fingerprint density at radius 3 is 2.46 bits per heavy atom. The molecule has 140 valence electrons. The normalized spacial score (nSPS) is 12.8. The number of rotatable bonds is 10. The number of aliphatic hydroxyl groups excluding tert-OH is 1. The third kappa shape index (κ3) is 9.84. The molecule has 0 radical (unpaired) electrons. The fraction of sp³-hybridized carbons (Fsp3) is 0.722. The SMILES string of the molecule is CCNC(=NCc1ccc(CC)s1)NCC(CCO)CC(C)C.I. The number of guanidine groups is 1. The molecule has 0 saturated carbocycles. The zero-order valence-corrected chi connectivity index (χ0v) is 18.6. The topological polar surface area (TPSA) is 56.7 Å². The first-order valence-corrected chi connectivity index (χ1v) is 9.61. The fourth-order valence-electron chi connectivity index (χ4n) is 2.59. The maximum atomic E-state index is 9.22. The summed E-state index contributed by atoms with van der Waals surface area (Å²) in [5.41, 5.74) is 0. The van der Waals surface area contributed by atoms with E-state index in [-0.39, 0.29) is 30.6 Å². The largest absolute Gasteiger partial charge is 0.396 e. The summed E-state index contributed by atoms with van der Waals surface area (Å²) in [6, 6.07) is 4.36. The van der Waals surface area contributed by atoms with E-state index in [0.29, 0.717) is 11.8 Å². The molecule has 6 heteroatoms. The molecular formula is C18H34IN3OS. The minimum Gasteiger partial charge on any atom is -0.396 e. The van der Waals surface area contributed by atoms with Crippen molar-refractivity contribution in [2.45, 2.75) is 53.5 Å². The van der Waals surface area contributed by atoms with Crippen molar-refractivity contribution in [3.05, 3.63) is 21.9 Å². The molecule has 1 atom stereocenters. The van der Waals surface area contributed by atoms with Crippen LogP contribution in [-0.4, -0.2) is 30.8 Å². The van der Waals surface area contributed by atoms with E-state index in [9.17, 15) is 5.11 Å². The Morgan fingerprint density at radius 2 is 1.92 bits per heavy atom. The van der Waals surface area contributed by atoms with Crippen molar-refractivity contribution in [3.63, 3.8) is 0 Å². The molecule has 1 unspecified atom stereocenters. The second-order valence-electron chi connectivity index (χ2n) is 6.31. The molecule has 1 aromatic heterocycles. The number of hydrogen-bond donors (Lipinski definition) is 3. The van der Waals surface area contributed by atoms with Gasteiger partial charge in [0.05, 0.1) is 6.54 Å². The van der Waals surface area contributed by atoms with Crippen LogP contribution in [0.25, 0.3) is 0 Å². The summed E-state index contributed by atoms with van der Waals surface area (Å²) in [7, 11) is 0. The molecule has 4 nitrogen and oxygen atoms in total. The van der Waals surface area contributed by atoms with Crippen LogP contribution in [0.2, 0.25) is 0 Å². The Balaban J connectivity index is 0.00000529. The lowest BCUT2D eigenvalue weighted by atomic mass is 9.94. The molecule has 0 fully saturated rings. The maximum Gasteiger partial charge on any atom is 0.191 e. The molecule has 0 saturated heterocycles. The monoisotopic (exact) mass is 467 g/mol. The van der Waals surface area contributed by atoms with E-state index in [0.717, 1.165) is 44.9 Å². The molecule has 1 aromatic rings.